The van der Waals surface area contributed by atoms with Crippen LogP contribution in [0.5, 0.6) is 0 Å². The molecule has 2 heterocycles. The van der Waals surface area contributed by atoms with Gasteiger partial charge in [-0.15, -0.1) is 0 Å². The first-order valence-corrected chi connectivity index (χ1v) is 8.43. The van der Waals surface area contributed by atoms with E-state index in [0.29, 0.717) is 11.3 Å². The Morgan fingerprint density at radius 1 is 1.30 bits per heavy atom. The number of nitrogens with one attached hydrogen (secondary N) is 1. The van der Waals surface area contributed by atoms with Crippen LogP contribution in [0.15, 0.2) is 30.6 Å². The summed E-state index contributed by atoms with van der Waals surface area (Å²) in [5, 5.41) is 6.90. The molecule has 27 heavy (non-hydrogen) atoms. The first-order valence-electron chi connectivity index (χ1n) is 8.43. The van der Waals surface area contributed by atoms with Crippen molar-refractivity contribution in [1.29, 1.82) is 0 Å². The van der Waals surface area contributed by atoms with Crippen molar-refractivity contribution in [3.8, 4) is 0 Å². The van der Waals surface area contributed by atoms with Crippen LogP contribution in [0.2, 0.25) is 0 Å². The minimum atomic E-state index is -1.11. The third-order valence-electron chi connectivity index (χ3n) is 4.38. The molecule has 0 aliphatic carbocycles. The molecule has 3 rings (SSSR count). The van der Waals surface area contributed by atoms with Gasteiger partial charge in [0, 0.05) is 29.3 Å². The predicted octanol–water partition coefficient (Wildman–Crippen LogP) is 3.03. The number of fused-ring (bicyclic) bond motifs is 1. The lowest BCUT2D eigenvalue weighted by atomic mass is 9.86. The third kappa shape index (κ3) is 3.47. The zero-order chi connectivity index (χ0) is 19.8. The first-order chi connectivity index (χ1) is 12.7. The molecule has 6 nitrogen and oxygen atoms in total. The summed E-state index contributed by atoms with van der Waals surface area (Å²) in [4.78, 5) is 26.7. The molecular weight excluding hydrogens is 356 g/mol. The van der Waals surface area contributed by atoms with Crippen molar-refractivity contribution in [2.24, 2.45) is 0 Å². The van der Waals surface area contributed by atoms with E-state index in [2.05, 4.69) is 10.2 Å². The van der Waals surface area contributed by atoms with Crippen LogP contribution in [0.25, 0.3) is 5.57 Å². The maximum absolute atomic E-state index is 13.6. The summed E-state index contributed by atoms with van der Waals surface area (Å²) in [6.07, 6.45) is 2.88. The highest BCUT2D eigenvalue weighted by Crippen LogP contribution is 2.34. The number of rotatable bonds is 3. The standard InChI is InChI=1S/C19H19F2N3O3/c1-4-27-18(26)13-9-24(10-19(2,3)16-12(13)8-22-23-16)17(25)11-5-6-14(20)15(21)7-11/h5-9H,4,10H2,1-3H3,(H,22,23). The van der Waals surface area contributed by atoms with Gasteiger partial charge in [0.2, 0.25) is 0 Å². The first kappa shape index (κ1) is 18.8. The second-order valence-electron chi connectivity index (χ2n) is 6.87. The summed E-state index contributed by atoms with van der Waals surface area (Å²) in [6.45, 7) is 5.82. The van der Waals surface area contributed by atoms with Gasteiger partial charge in [0.25, 0.3) is 5.91 Å². The third-order valence-corrected chi connectivity index (χ3v) is 4.38. The molecule has 0 spiro atoms. The van der Waals surface area contributed by atoms with Gasteiger partial charge >= 0.3 is 5.97 Å². The van der Waals surface area contributed by atoms with Gasteiger partial charge in [0.15, 0.2) is 11.6 Å². The van der Waals surface area contributed by atoms with Crippen LogP contribution >= 0.6 is 0 Å². The van der Waals surface area contributed by atoms with E-state index in [0.717, 1.165) is 12.1 Å². The lowest BCUT2D eigenvalue weighted by Gasteiger charge is -2.28. The average Bonchev–Trinajstić information content (AvgIpc) is 3.07. The maximum atomic E-state index is 13.6. The molecule has 1 amide bonds. The highest BCUT2D eigenvalue weighted by Gasteiger charge is 2.36. The fourth-order valence-electron chi connectivity index (χ4n) is 3.08. The molecule has 8 heteroatoms. The largest absolute Gasteiger partial charge is 0.462 e. The minimum Gasteiger partial charge on any atom is -0.462 e. The topological polar surface area (TPSA) is 75.3 Å². The number of hydrogen-bond donors (Lipinski definition) is 1. The molecule has 1 aliphatic rings. The van der Waals surface area contributed by atoms with Gasteiger partial charge in [-0.1, -0.05) is 13.8 Å². The fraction of sp³-hybridized carbons (Fsp3) is 0.316. The molecule has 142 valence electrons. The van der Waals surface area contributed by atoms with Gasteiger partial charge in [-0.3, -0.25) is 9.89 Å². The number of aromatic amines is 1. The van der Waals surface area contributed by atoms with Crippen molar-refractivity contribution in [2.75, 3.05) is 13.2 Å². The molecule has 0 unspecified atom stereocenters. The monoisotopic (exact) mass is 375 g/mol. The Labute approximate surface area is 154 Å². The molecule has 1 N–H and O–H groups in total. The Bertz CT molecular complexity index is 934. The molecule has 2 aromatic rings. The number of halogens is 2. The quantitative estimate of drug-likeness (QED) is 0.837. The van der Waals surface area contributed by atoms with Gasteiger partial charge in [-0.05, 0) is 25.1 Å². The van der Waals surface area contributed by atoms with E-state index in [1.54, 1.807) is 6.92 Å². The molecule has 0 radical (unpaired) electrons. The van der Waals surface area contributed by atoms with E-state index in [1.807, 2.05) is 13.8 Å². The van der Waals surface area contributed by atoms with Crippen LogP contribution < -0.4 is 0 Å². The molecule has 0 saturated carbocycles. The SMILES string of the molecule is CCOC(=O)C1=CN(C(=O)c2ccc(F)c(F)c2)CC(C)(C)c2[nH]ncc21. The van der Waals surface area contributed by atoms with Crippen molar-refractivity contribution in [3.05, 3.63) is 59.1 Å². The van der Waals surface area contributed by atoms with E-state index in [4.69, 9.17) is 4.74 Å². The number of amides is 1. The van der Waals surface area contributed by atoms with Gasteiger partial charge in [0.05, 0.1) is 24.1 Å². The maximum Gasteiger partial charge on any atom is 0.340 e. The van der Waals surface area contributed by atoms with Crippen LogP contribution in [0.4, 0.5) is 8.78 Å². The molecule has 0 saturated heterocycles. The van der Waals surface area contributed by atoms with E-state index in [1.165, 1.54) is 23.4 Å². The number of ether oxygens (including phenoxy) is 1. The smallest absolute Gasteiger partial charge is 0.340 e. The second-order valence-corrected chi connectivity index (χ2v) is 6.87. The van der Waals surface area contributed by atoms with Gasteiger partial charge in [-0.2, -0.15) is 5.10 Å². The normalized spacial score (nSPS) is 15.6. The van der Waals surface area contributed by atoms with Crippen LogP contribution in [0.1, 0.15) is 42.4 Å². The van der Waals surface area contributed by atoms with Gasteiger partial charge in [-0.25, -0.2) is 13.6 Å². The highest BCUT2D eigenvalue weighted by atomic mass is 19.2. The number of benzene rings is 1. The summed E-state index contributed by atoms with van der Waals surface area (Å²) < 4.78 is 31.9. The average molecular weight is 375 g/mol. The van der Waals surface area contributed by atoms with Crippen LogP contribution in [0.3, 0.4) is 0 Å². The molecule has 1 aliphatic heterocycles. The Balaban J connectivity index is 2.08. The van der Waals surface area contributed by atoms with Crippen molar-refractivity contribution in [2.45, 2.75) is 26.2 Å². The number of hydrogen-bond acceptors (Lipinski definition) is 4. The summed E-state index contributed by atoms with van der Waals surface area (Å²) in [6, 6.07) is 2.94. The zero-order valence-corrected chi connectivity index (χ0v) is 15.2. The van der Waals surface area contributed by atoms with Crippen molar-refractivity contribution >= 4 is 17.4 Å². The molecule has 1 aromatic carbocycles. The lowest BCUT2D eigenvalue weighted by molar-refractivity contribution is -0.136. The van der Waals surface area contributed by atoms with Gasteiger partial charge < -0.3 is 9.64 Å². The molecule has 0 atom stereocenters. The summed E-state index contributed by atoms with van der Waals surface area (Å²) in [5.41, 5.74) is 0.793. The van der Waals surface area contributed by atoms with Gasteiger partial charge in [0.1, 0.15) is 0 Å². The van der Waals surface area contributed by atoms with Crippen molar-refractivity contribution in [1.82, 2.24) is 15.1 Å². The van der Waals surface area contributed by atoms with E-state index in [9.17, 15) is 18.4 Å². The number of esters is 1. The molecule has 0 bridgehead atoms. The fourth-order valence-corrected chi connectivity index (χ4v) is 3.08. The zero-order valence-electron chi connectivity index (χ0n) is 15.2. The van der Waals surface area contributed by atoms with Crippen LogP contribution in [0, 0.1) is 11.6 Å². The van der Waals surface area contributed by atoms with E-state index < -0.39 is 28.9 Å². The lowest BCUT2D eigenvalue weighted by Crippen LogP contribution is -2.37. The second kappa shape index (κ2) is 6.94. The van der Waals surface area contributed by atoms with E-state index >= 15 is 0 Å². The Morgan fingerprint density at radius 3 is 2.70 bits per heavy atom. The van der Waals surface area contributed by atoms with Crippen molar-refractivity contribution in [3.63, 3.8) is 0 Å². The Kier molecular flexibility index (Phi) is 4.82. The van der Waals surface area contributed by atoms with Crippen molar-refractivity contribution < 1.29 is 23.1 Å². The predicted molar refractivity (Wildman–Crippen MR) is 93.6 cm³/mol. The summed E-state index contributed by atoms with van der Waals surface area (Å²) in [7, 11) is 0. The molecule has 0 fully saturated rings. The Morgan fingerprint density at radius 2 is 2.04 bits per heavy atom. The summed E-state index contributed by atoms with van der Waals surface area (Å²) >= 11 is 0. The van der Waals surface area contributed by atoms with Crippen LogP contribution in [-0.2, 0) is 14.9 Å². The number of nitrogens with zero attached hydrogens (tertiary/aromatic N) is 2. The number of aromatic nitrogens is 2. The molecule has 1 aromatic heterocycles. The highest BCUT2D eigenvalue weighted by molar-refractivity contribution is 6.17. The number of carbonyl (C=O) groups excluding carboxylic acids is 2. The number of H-pyrrole nitrogens is 1. The minimum absolute atomic E-state index is 0.0205. The van der Waals surface area contributed by atoms with E-state index in [-0.39, 0.29) is 24.3 Å². The van der Waals surface area contributed by atoms with Crippen LogP contribution in [-0.4, -0.2) is 40.1 Å². The molecular formula is C19H19F2N3O3. The Hall–Kier alpha value is -3.03. The number of carbonyl (C=O) groups is 2. The summed E-state index contributed by atoms with van der Waals surface area (Å²) in [5.74, 6) is -3.30.